The van der Waals surface area contributed by atoms with Gasteiger partial charge in [-0.25, -0.2) is 0 Å². The van der Waals surface area contributed by atoms with Crippen LogP contribution in [0.25, 0.3) is 0 Å². The molecule has 1 N–H and O–H groups in total. The quantitative estimate of drug-likeness (QED) is 0.892. The van der Waals surface area contributed by atoms with Crippen LogP contribution < -0.4 is 5.32 Å². The van der Waals surface area contributed by atoms with E-state index in [1.165, 1.54) is 0 Å². The molecule has 0 radical (unpaired) electrons. The molecule has 0 saturated carbocycles. The molecule has 1 aromatic rings. The van der Waals surface area contributed by atoms with Gasteiger partial charge in [-0.1, -0.05) is 0 Å². The Balaban J connectivity index is 2.77. The zero-order valence-electron chi connectivity index (χ0n) is 5.45. The Kier molecular flexibility index (Phi) is 2.95. The number of furan rings is 1. The second kappa shape index (κ2) is 3.55. The molecule has 1 aromatic heterocycles. The van der Waals surface area contributed by atoms with E-state index in [1.807, 2.05) is 13.1 Å². The molecule has 4 heteroatoms. The summed E-state index contributed by atoms with van der Waals surface area (Å²) in [4.78, 5) is 0. The van der Waals surface area contributed by atoms with E-state index in [-0.39, 0.29) is 0 Å². The van der Waals surface area contributed by atoms with Crippen molar-refractivity contribution in [3.8, 4) is 0 Å². The van der Waals surface area contributed by atoms with Crippen LogP contribution in [0.2, 0.25) is 0 Å². The lowest BCUT2D eigenvalue weighted by molar-refractivity contribution is 0.474. The van der Waals surface area contributed by atoms with Crippen molar-refractivity contribution in [3.05, 3.63) is 21.0 Å². The molecule has 0 aliphatic carbocycles. The third-order valence-corrected chi connectivity index (χ3v) is 2.76. The van der Waals surface area contributed by atoms with Gasteiger partial charge in [0.1, 0.15) is 5.76 Å². The maximum atomic E-state index is 5.26. The first-order valence-electron chi connectivity index (χ1n) is 2.82. The highest BCUT2D eigenvalue weighted by molar-refractivity contribution is 9.13. The van der Waals surface area contributed by atoms with E-state index >= 15 is 0 Å². The molecule has 2 nitrogen and oxygen atoms in total. The van der Waals surface area contributed by atoms with Gasteiger partial charge in [-0.05, 0) is 45.0 Å². The number of hydrogen-bond acceptors (Lipinski definition) is 2. The monoisotopic (exact) mass is 267 g/mol. The van der Waals surface area contributed by atoms with Gasteiger partial charge in [0.25, 0.3) is 0 Å². The summed E-state index contributed by atoms with van der Waals surface area (Å²) in [5.74, 6) is 0.918. The van der Waals surface area contributed by atoms with Gasteiger partial charge in [-0.3, -0.25) is 0 Å². The van der Waals surface area contributed by atoms with Crippen molar-refractivity contribution in [2.75, 3.05) is 7.05 Å². The van der Waals surface area contributed by atoms with Crippen molar-refractivity contribution in [1.82, 2.24) is 5.32 Å². The van der Waals surface area contributed by atoms with E-state index in [0.717, 1.165) is 21.4 Å². The van der Waals surface area contributed by atoms with Crippen molar-refractivity contribution in [3.63, 3.8) is 0 Å². The minimum absolute atomic E-state index is 0.748. The summed E-state index contributed by atoms with van der Waals surface area (Å²) in [7, 11) is 1.88. The fraction of sp³-hybridized carbons (Fsp3) is 0.333. The van der Waals surface area contributed by atoms with E-state index in [4.69, 9.17) is 4.42 Å². The first-order chi connectivity index (χ1) is 4.74. The van der Waals surface area contributed by atoms with Crippen LogP contribution in [0.3, 0.4) is 0 Å². The molecule has 10 heavy (non-hydrogen) atoms. The summed E-state index contributed by atoms with van der Waals surface area (Å²) in [6, 6.07) is 1.93. The fourth-order valence-electron chi connectivity index (χ4n) is 0.653. The summed E-state index contributed by atoms with van der Waals surface area (Å²) >= 11 is 6.56. The summed E-state index contributed by atoms with van der Waals surface area (Å²) in [5, 5.41) is 2.99. The molecule has 0 amide bonds. The molecule has 0 saturated heterocycles. The average Bonchev–Trinajstić information content (AvgIpc) is 2.14. The first-order valence-corrected chi connectivity index (χ1v) is 4.41. The summed E-state index contributed by atoms with van der Waals surface area (Å²) < 4.78 is 6.97. The zero-order chi connectivity index (χ0) is 7.56. The van der Waals surface area contributed by atoms with Gasteiger partial charge < -0.3 is 9.73 Å². The normalized spacial score (nSPS) is 10.3. The van der Waals surface area contributed by atoms with Gasteiger partial charge in [0.05, 0.1) is 11.0 Å². The Labute approximate surface area is 76.2 Å². The SMILES string of the molecule is CNCc1cc(Br)c(Br)o1. The fourth-order valence-corrected chi connectivity index (χ4v) is 1.31. The lowest BCUT2D eigenvalue weighted by Crippen LogP contribution is -2.03. The molecule has 0 spiro atoms. The summed E-state index contributed by atoms with van der Waals surface area (Å²) in [5.41, 5.74) is 0. The van der Waals surface area contributed by atoms with Crippen LogP contribution in [0.5, 0.6) is 0 Å². The average molecular weight is 269 g/mol. The molecular formula is C6H7Br2NO. The Morgan fingerprint density at radius 2 is 2.30 bits per heavy atom. The van der Waals surface area contributed by atoms with Gasteiger partial charge in [0, 0.05) is 0 Å². The lowest BCUT2D eigenvalue weighted by Gasteiger charge is -1.89. The maximum Gasteiger partial charge on any atom is 0.183 e. The van der Waals surface area contributed by atoms with Crippen LogP contribution in [0.1, 0.15) is 5.76 Å². The molecule has 0 aliphatic heterocycles. The van der Waals surface area contributed by atoms with Crippen LogP contribution in [-0.2, 0) is 6.54 Å². The number of nitrogens with one attached hydrogen (secondary N) is 1. The largest absolute Gasteiger partial charge is 0.452 e. The molecule has 1 heterocycles. The smallest absolute Gasteiger partial charge is 0.183 e. The highest BCUT2D eigenvalue weighted by atomic mass is 79.9. The van der Waals surface area contributed by atoms with Crippen molar-refractivity contribution in [2.45, 2.75) is 6.54 Å². The van der Waals surface area contributed by atoms with E-state index in [1.54, 1.807) is 0 Å². The van der Waals surface area contributed by atoms with Crippen molar-refractivity contribution in [1.29, 1.82) is 0 Å². The third-order valence-electron chi connectivity index (χ3n) is 1.05. The topological polar surface area (TPSA) is 25.2 Å². The van der Waals surface area contributed by atoms with Crippen molar-refractivity contribution < 1.29 is 4.42 Å². The van der Waals surface area contributed by atoms with E-state index < -0.39 is 0 Å². The van der Waals surface area contributed by atoms with Crippen molar-refractivity contribution >= 4 is 31.9 Å². The third kappa shape index (κ3) is 1.84. The summed E-state index contributed by atoms with van der Waals surface area (Å²) in [6.07, 6.45) is 0. The molecular weight excluding hydrogens is 262 g/mol. The minimum Gasteiger partial charge on any atom is -0.452 e. The van der Waals surface area contributed by atoms with Gasteiger partial charge >= 0.3 is 0 Å². The van der Waals surface area contributed by atoms with Gasteiger partial charge in [-0.2, -0.15) is 0 Å². The molecule has 0 aliphatic rings. The van der Waals surface area contributed by atoms with E-state index in [9.17, 15) is 0 Å². The molecule has 56 valence electrons. The number of rotatable bonds is 2. The van der Waals surface area contributed by atoms with E-state index in [2.05, 4.69) is 37.2 Å². The summed E-state index contributed by atoms with van der Waals surface area (Å²) in [6.45, 7) is 0.754. The maximum absolute atomic E-state index is 5.26. The molecule has 0 aromatic carbocycles. The minimum atomic E-state index is 0.748. The van der Waals surface area contributed by atoms with Crippen LogP contribution in [0.15, 0.2) is 19.6 Å². The molecule has 0 bridgehead atoms. The first kappa shape index (κ1) is 8.30. The van der Waals surface area contributed by atoms with Crippen LogP contribution in [0.4, 0.5) is 0 Å². The Morgan fingerprint density at radius 3 is 2.70 bits per heavy atom. The van der Waals surface area contributed by atoms with Gasteiger partial charge in [-0.15, -0.1) is 0 Å². The zero-order valence-corrected chi connectivity index (χ0v) is 8.62. The van der Waals surface area contributed by atoms with Crippen LogP contribution in [0, 0.1) is 0 Å². The highest BCUT2D eigenvalue weighted by Gasteiger charge is 2.03. The van der Waals surface area contributed by atoms with Gasteiger partial charge in [0.15, 0.2) is 4.67 Å². The Bertz CT molecular complexity index is 202. The Hall–Kier alpha value is 0.200. The van der Waals surface area contributed by atoms with Crippen LogP contribution in [-0.4, -0.2) is 7.05 Å². The predicted octanol–water partition coefficient (Wildman–Crippen LogP) is 2.52. The number of halogens is 2. The van der Waals surface area contributed by atoms with E-state index in [0.29, 0.717) is 0 Å². The molecule has 0 fully saturated rings. The van der Waals surface area contributed by atoms with Gasteiger partial charge in [0.2, 0.25) is 0 Å². The number of hydrogen-bond donors (Lipinski definition) is 1. The highest BCUT2D eigenvalue weighted by Crippen LogP contribution is 2.26. The molecule has 0 atom stereocenters. The van der Waals surface area contributed by atoms with Crippen LogP contribution >= 0.6 is 31.9 Å². The van der Waals surface area contributed by atoms with Crippen molar-refractivity contribution in [2.24, 2.45) is 0 Å². The molecule has 0 unspecified atom stereocenters. The second-order valence-electron chi connectivity index (χ2n) is 1.86. The standard InChI is InChI=1S/C6H7Br2NO/c1-9-3-4-2-5(7)6(8)10-4/h2,9H,3H2,1H3. The molecule has 1 rings (SSSR count). The Morgan fingerprint density at radius 1 is 1.60 bits per heavy atom. The second-order valence-corrected chi connectivity index (χ2v) is 3.44. The lowest BCUT2D eigenvalue weighted by atomic mass is 10.4. The predicted molar refractivity (Wildman–Crippen MR) is 46.9 cm³/mol.